The first kappa shape index (κ1) is 14.2. The number of anilines is 1. The summed E-state index contributed by atoms with van der Waals surface area (Å²) in [5.74, 6) is 0.939. The molecule has 0 aliphatic carbocycles. The van der Waals surface area contributed by atoms with Crippen LogP contribution in [0.2, 0.25) is 0 Å². The fourth-order valence-electron chi connectivity index (χ4n) is 1.64. The van der Waals surface area contributed by atoms with E-state index in [2.05, 4.69) is 10.3 Å². The molecule has 1 N–H and O–H groups in total. The SMILES string of the molecule is Cn1ccnc1CNc1ccccc1OCC(F)(F)F. The number of para-hydroxylation sites is 2. The molecule has 0 atom stereocenters. The van der Waals surface area contributed by atoms with Crippen LogP contribution in [0, 0.1) is 0 Å². The Kier molecular flexibility index (Phi) is 4.16. The molecule has 0 bridgehead atoms. The van der Waals surface area contributed by atoms with Crippen LogP contribution in [0.3, 0.4) is 0 Å². The van der Waals surface area contributed by atoms with Gasteiger partial charge in [0.2, 0.25) is 0 Å². The number of nitrogens with one attached hydrogen (secondary N) is 1. The van der Waals surface area contributed by atoms with Gasteiger partial charge in [0.15, 0.2) is 6.61 Å². The average molecular weight is 285 g/mol. The summed E-state index contributed by atoms with van der Waals surface area (Å²) in [7, 11) is 1.84. The van der Waals surface area contributed by atoms with Gasteiger partial charge in [-0.05, 0) is 12.1 Å². The Morgan fingerprint density at radius 2 is 2.05 bits per heavy atom. The number of benzene rings is 1. The standard InChI is InChI=1S/C13H14F3N3O/c1-19-7-6-17-12(19)8-18-10-4-2-3-5-11(10)20-9-13(14,15)16/h2-7,18H,8-9H2,1H3. The predicted molar refractivity (Wildman–Crippen MR) is 68.5 cm³/mol. The second-order valence-corrected chi connectivity index (χ2v) is 4.21. The van der Waals surface area contributed by atoms with Crippen molar-refractivity contribution >= 4 is 5.69 Å². The lowest BCUT2D eigenvalue weighted by Crippen LogP contribution is -2.19. The number of ether oxygens (including phenoxy) is 1. The Morgan fingerprint density at radius 3 is 2.70 bits per heavy atom. The highest BCUT2D eigenvalue weighted by Crippen LogP contribution is 2.26. The third kappa shape index (κ3) is 3.91. The maximum Gasteiger partial charge on any atom is 0.422 e. The lowest BCUT2D eigenvalue weighted by molar-refractivity contribution is -0.153. The van der Waals surface area contributed by atoms with Gasteiger partial charge in [0.1, 0.15) is 11.6 Å². The number of halogens is 3. The van der Waals surface area contributed by atoms with Gasteiger partial charge in [-0.1, -0.05) is 12.1 Å². The van der Waals surface area contributed by atoms with E-state index in [-0.39, 0.29) is 5.75 Å². The van der Waals surface area contributed by atoms with Crippen molar-refractivity contribution in [3.05, 3.63) is 42.5 Å². The molecule has 1 aromatic carbocycles. The summed E-state index contributed by atoms with van der Waals surface area (Å²) in [4.78, 5) is 4.13. The molecule has 0 spiro atoms. The molecule has 0 radical (unpaired) electrons. The molecule has 2 aromatic rings. The van der Waals surface area contributed by atoms with Crippen molar-refractivity contribution in [1.29, 1.82) is 0 Å². The summed E-state index contributed by atoms with van der Waals surface area (Å²) >= 11 is 0. The van der Waals surface area contributed by atoms with Crippen LogP contribution >= 0.6 is 0 Å². The van der Waals surface area contributed by atoms with Gasteiger partial charge in [-0.3, -0.25) is 0 Å². The quantitative estimate of drug-likeness (QED) is 0.918. The van der Waals surface area contributed by atoms with Gasteiger partial charge in [0, 0.05) is 19.4 Å². The second kappa shape index (κ2) is 5.85. The molecule has 0 saturated heterocycles. The summed E-state index contributed by atoms with van der Waals surface area (Å²) in [6, 6.07) is 6.50. The maximum absolute atomic E-state index is 12.2. The molecule has 20 heavy (non-hydrogen) atoms. The van der Waals surface area contributed by atoms with Crippen LogP contribution in [0.5, 0.6) is 5.75 Å². The normalized spacial score (nSPS) is 11.4. The first-order valence-corrected chi connectivity index (χ1v) is 5.94. The third-order valence-electron chi connectivity index (χ3n) is 2.64. The summed E-state index contributed by atoms with van der Waals surface area (Å²) in [6.07, 6.45) is -0.904. The number of nitrogens with zero attached hydrogens (tertiary/aromatic N) is 2. The van der Waals surface area contributed by atoms with Gasteiger partial charge in [-0.25, -0.2) is 4.98 Å². The fraction of sp³-hybridized carbons (Fsp3) is 0.308. The van der Waals surface area contributed by atoms with E-state index in [1.54, 1.807) is 30.6 Å². The number of hydrogen-bond donors (Lipinski definition) is 1. The van der Waals surface area contributed by atoms with Crippen molar-refractivity contribution in [2.24, 2.45) is 7.05 Å². The van der Waals surface area contributed by atoms with E-state index in [0.717, 1.165) is 5.82 Å². The van der Waals surface area contributed by atoms with Gasteiger partial charge in [-0.15, -0.1) is 0 Å². The van der Waals surface area contributed by atoms with Crippen LogP contribution in [0.4, 0.5) is 18.9 Å². The first-order valence-electron chi connectivity index (χ1n) is 5.94. The minimum absolute atomic E-state index is 0.166. The van der Waals surface area contributed by atoms with Crippen molar-refractivity contribution in [1.82, 2.24) is 9.55 Å². The summed E-state index contributed by atoms with van der Waals surface area (Å²) < 4.78 is 43.1. The molecule has 0 amide bonds. The van der Waals surface area contributed by atoms with Crippen molar-refractivity contribution in [2.75, 3.05) is 11.9 Å². The smallest absolute Gasteiger partial charge is 0.422 e. The number of hydrogen-bond acceptors (Lipinski definition) is 3. The molecule has 0 saturated carbocycles. The van der Waals surface area contributed by atoms with Crippen LogP contribution < -0.4 is 10.1 Å². The van der Waals surface area contributed by atoms with E-state index in [1.165, 1.54) is 6.07 Å². The molecule has 4 nitrogen and oxygen atoms in total. The van der Waals surface area contributed by atoms with Gasteiger partial charge in [0.05, 0.1) is 12.2 Å². The molecule has 1 heterocycles. The van der Waals surface area contributed by atoms with Gasteiger partial charge >= 0.3 is 6.18 Å². The molecule has 0 unspecified atom stereocenters. The van der Waals surface area contributed by atoms with Crippen LogP contribution in [-0.4, -0.2) is 22.3 Å². The molecule has 7 heteroatoms. The zero-order valence-corrected chi connectivity index (χ0v) is 10.8. The molecule has 0 aliphatic heterocycles. The van der Waals surface area contributed by atoms with E-state index < -0.39 is 12.8 Å². The number of alkyl halides is 3. The largest absolute Gasteiger partial charge is 0.482 e. The minimum atomic E-state index is -4.35. The topological polar surface area (TPSA) is 39.1 Å². The molecule has 108 valence electrons. The Morgan fingerprint density at radius 1 is 1.30 bits per heavy atom. The van der Waals surface area contributed by atoms with E-state index in [9.17, 15) is 13.2 Å². The third-order valence-corrected chi connectivity index (χ3v) is 2.64. The molecular weight excluding hydrogens is 271 g/mol. The van der Waals surface area contributed by atoms with Crippen molar-refractivity contribution in [3.63, 3.8) is 0 Å². The van der Waals surface area contributed by atoms with Gasteiger partial charge < -0.3 is 14.6 Å². The Labute approximate surface area is 114 Å². The molecule has 0 aliphatic rings. The second-order valence-electron chi connectivity index (χ2n) is 4.21. The minimum Gasteiger partial charge on any atom is -0.482 e. The van der Waals surface area contributed by atoms with E-state index in [1.807, 2.05) is 11.6 Å². The van der Waals surface area contributed by atoms with Gasteiger partial charge in [-0.2, -0.15) is 13.2 Å². The molecular formula is C13H14F3N3O. The van der Waals surface area contributed by atoms with Crippen molar-refractivity contribution < 1.29 is 17.9 Å². The molecule has 2 rings (SSSR count). The lowest BCUT2D eigenvalue weighted by Gasteiger charge is -2.14. The lowest BCUT2D eigenvalue weighted by atomic mass is 10.3. The van der Waals surface area contributed by atoms with Crippen molar-refractivity contribution in [3.8, 4) is 5.75 Å². The maximum atomic E-state index is 12.2. The highest BCUT2D eigenvalue weighted by Gasteiger charge is 2.28. The number of aryl methyl sites for hydroxylation is 1. The summed E-state index contributed by atoms with van der Waals surface area (Å²) in [5.41, 5.74) is 0.500. The summed E-state index contributed by atoms with van der Waals surface area (Å²) in [6.45, 7) is -0.913. The van der Waals surface area contributed by atoms with Crippen LogP contribution in [0.25, 0.3) is 0 Å². The molecule has 1 aromatic heterocycles. The van der Waals surface area contributed by atoms with E-state index >= 15 is 0 Å². The zero-order chi connectivity index (χ0) is 14.6. The van der Waals surface area contributed by atoms with Crippen LogP contribution in [-0.2, 0) is 13.6 Å². The zero-order valence-electron chi connectivity index (χ0n) is 10.8. The number of aromatic nitrogens is 2. The van der Waals surface area contributed by atoms with Crippen LogP contribution in [0.1, 0.15) is 5.82 Å². The Hall–Kier alpha value is -2.18. The number of imidazole rings is 1. The first-order chi connectivity index (χ1) is 9.46. The monoisotopic (exact) mass is 285 g/mol. The molecule has 0 fully saturated rings. The Bertz CT molecular complexity index is 566. The highest BCUT2D eigenvalue weighted by atomic mass is 19.4. The number of rotatable bonds is 5. The predicted octanol–water partition coefficient (Wildman–Crippen LogP) is 2.97. The van der Waals surface area contributed by atoms with E-state index in [0.29, 0.717) is 12.2 Å². The average Bonchev–Trinajstić information content (AvgIpc) is 2.79. The fourth-order valence-corrected chi connectivity index (χ4v) is 1.64. The summed E-state index contributed by atoms with van der Waals surface area (Å²) in [5, 5.41) is 3.02. The Balaban J connectivity index is 2.02. The van der Waals surface area contributed by atoms with E-state index in [4.69, 9.17) is 4.74 Å². The van der Waals surface area contributed by atoms with Gasteiger partial charge in [0.25, 0.3) is 0 Å². The van der Waals surface area contributed by atoms with Crippen LogP contribution in [0.15, 0.2) is 36.7 Å². The highest BCUT2D eigenvalue weighted by molar-refractivity contribution is 5.56. The van der Waals surface area contributed by atoms with Crippen molar-refractivity contribution in [2.45, 2.75) is 12.7 Å².